The van der Waals surface area contributed by atoms with Gasteiger partial charge in [0, 0.05) is 6.42 Å². The van der Waals surface area contributed by atoms with Crippen LogP contribution in [0.1, 0.15) is 6.42 Å². The molecule has 0 heterocycles. The van der Waals surface area contributed by atoms with Gasteiger partial charge in [0.25, 0.3) is 0 Å². The van der Waals surface area contributed by atoms with Crippen LogP contribution in [0, 0.1) is 0 Å². The van der Waals surface area contributed by atoms with Gasteiger partial charge in [-0.15, -0.1) is 0 Å². The summed E-state index contributed by atoms with van der Waals surface area (Å²) in [6.45, 7) is 0. The van der Waals surface area contributed by atoms with Crippen LogP contribution in [0.25, 0.3) is 0 Å². The van der Waals surface area contributed by atoms with Gasteiger partial charge in [-0.1, -0.05) is 0 Å². The lowest BCUT2D eigenvalue weighted by Gasteiger charge is -2.15. The second-order valence-corrected chi connectivity index (χ2v) is 2.62. The summed E-state index contributed by atoms with van der Waals surface area (Å²) in [6, 6.07) is 0. The number of alkyl halides is 1. The molecule has 1 atom stereocenters. The third kappa shape index (κ3) is 1.85. The number of allylic oxidation sites excluding steroid dienone is 2. The minimum atomic E-state index is -1.67. The molecule has 0 aromatic heterocycles. The molecule has 0 saturated heterocycles. The number of carbonyl (C=O) groups excluding carboxylic acids is 1. The van der Waals surface area contributed by atoms with Gasteiger partial charge in [-0.25, -0.2) is 13.6 Å². The van der Waals surface area contributed by atoms with Crippen molar-refractivity contribution in [3.63, 3.8) is 0 Å². The molecule has 0 aromatic rings. The Balaban J connectivity index is 2.96. The van der Waals surface area contributed by atoms with Crippen LogP contribution in [-0.4, -0.2) is 19.3 Å². The summed E-state index contributed by atoms with van der Waals surface area (Å²) in [5, 5.41) is 0. The molecule has 0 radical (unpaired) electrons. The monoisotopic (exact) mass is 189 g/mol. The topological polar surface area (TPSA) is 52.3 Å². The molecular weight excluding hydrogens is 180 g/mol. The number of rotatable bonds is 1. The number of carbonyl (C=O) groups is 1. The molecule has 5 heteroatoms. The summed E-state index contributed by atoms with van der Waals surface area (Å²) in [7, 11) is 1.13. The van der Waals surface area contributed by atoms with Gasteiger partial charge in [0.2, 0.25) is 0 Å². The molecule has 0 aliphatic heterocycles. The van der Waals surface area contributed by atoms with Crippen molar-refractivity contribution >= 4 is 5.97 Å². The fourth-order valence-electron chi connectivity index (χ4n) is 1.03. The van der Waals surface area contributed by atoms with Gasteiger partial charge in [-0.2, -0.15) is 0 Å². The first kappa shape index (κ1) is 9.70. The number of ether oxygens (including phenoxy) is 1. The van der Waals surface area contributed by atoms with E-state index < -0.39 is 24.4 Å². The molecule has 13 heavy (non-hydrogen) atoms. The number of esters is 1. The third-order valence-electron chi connectivity index (χ3n) is 1.74. The van der Waals surface area contributed by atoms with Crippen LogP contribution in [0.15, 0.2) is 23.2 Å². The zero-order valence-electron chi connectivity index (χ0n) is 7.01. The van der Waals surface area contributed by atoms with Crippen molar-refractivity contribution in [3.05, 3.63) is 23.2 Å². The van der Waals surface area contributed by atoms with Crippen LogP contribution in [0.4, 0.5) is 8.78 Å². The van der Waals surface area contributed by atoms with E-state index in [4.69, 9.17) is 5.73 Å². The van der Waals surface area contributed by atoms with E-state index in [-0.39, 0.29) is 11.3 Å². The molecule has 0 spiro atoms. The zero-order chi connectivity index (χ0) is 10.0. The molecule has 0 saturated carbocycles. The van der Waals surface area contributed by atoms with E-state index in [9.17, 15) is 13.6 Å². The first-order valence-electron chi connectivity index (χ1n) is 3.64. The second kappa shape index (κ2) is 3.55. The molecule has 1 aliphatic carbocycles. The van der Waals surface area contributed by atoms with Gasteiger partial charge in [-0.3, -0.25) is 0 Å². The van der Waals surface area contributed by atoms with Crippen molar-refractivity contribution in [1.29, 1.82) is 0 Å². The first-order chi connectivity index (χ1) is 6.06. The summed E-state index contributed by atoms with van der Waals surface area (Å²) in [6.07, 6.45) is -1.19. The van der Waals surface area contributed by atoms with Gasteiger partial charge in [-0.05, 0) is 6.08 Å². The molecule has 3 nitrogen and oxygen atoms in total. The molecule has 1 rings (SSSR count). The van der Waals surface area contributed by atoms with Crippen molar-refractivity contribution in [2.75, 3.05) is 7.11 Å². The van der Waals surface area contributed by atoms with Crippen molar-refractivity contribution < 1.29 is 18.3 Å². The lowest BCUT2D eigenvalue weighted by atomic mass is 10.0. The quantitative estimate of drug-likeness (QED) is 0.625. The highest BCUT2D eigenvalue weighted by molar-refractivity contribution is 5.90. The van der Waals surface area contributed by atoms with E-state index in [1.807, 2.05) is 0 Å². The van der Waals surface area contributed by atoms with E-state index in [2.05, 4.69) is 4.74 Å². The highest BCUT2D eigenvalue weighted by atomic mass is 19.1. The fourth-order valence-corrected chi connectivity index (χ4v) is 1.03. The van der Waals surface area contributed by atoms with Crippen LogP contribution >= 0.6 is 0 Å². The summed E-state index contributed by atoms with van der Waals surface area (Å²) in [5.41, 5.74) is 4.73. The van der Waals surface area contributed by atoms with Crippen LogP contribution in [0.5, 0.6) is 0 Å². The molecule has 0 aromatic carbocycles. The highest BCUT2D eigenvalue weighted by Crippen LogP contribution is 2.25. The molecular formula is C8H9F2NO2. The smallest absolute Gasteiger partial charge is 0.336 e. The van der Waals surface area contributed by atoms with E-state index in [0.717, 1.165) is 13.2 Å². The number of hydrogen-bond acceptors (Lipinski definition) is 3. The molecule has 0 fully saturated rings. The maximum atomic E-state index is 13.0. The number of methoxy groups -OCH3 is 1. The molecule has 0 amide bonds. The fraction of sp³-hybridized carbons (Fsp3) is 0.375. The Hall–Kier alpha value is -1.39. The summed E-state index contributed by atoms with van der Waals surface area (Å²) in [4.78, 5) is 10.9. The van der Waals surface area contributed by atoms with Crippen LogP contribution in [0.2, 0.25) is 0 Å². The van der Waals surface area contributed by atoms with Crippen molar-refractivity contribution in [3.8, 4) is 0 Å². The van der Waals surface area contributed by atoms with Gasteiger partial charge in [0.1, 0.15) is 12.0 Å². The molecule has 2 N–H and O–H groups in total. The largest absolute Gasteiger partial charge is 0.466 e. The first-order valence-corrected chi connectivity index (χ1v) is 3.64. The number of hydrogen-bond donors (Lipinski definition) is 1. The van der Waals surface area contributed by atoms with Crippen molar-refractivity contribution in [2.24, 2.45) is 5.73 Å². The number of halogens is 2. The minimum absolute atomic E-state index is 0.214. The van der Waals surface area contributed by atoms with Crippen LogP contribution in [0.3, 0.4) is 0 Å². The van der Waals surface area contributed by atoms with E-state index in [0.29, 0.717) is 0 Å². The van der Waals surface area contributed by atoms with E-state index >= 15 is 0 Å². The predicted molar refractivity (Wildman–Crippen MR) is 41.9 cm³/mol. The molecule has 72 valence electrons. The molecule has 0 bridgehead atoms. The van der Waals surface area contributed by atoms with Crippen LogP contribution < -0.4 is 5.73 Å². The maximum Gasteiger partial charge on any atom is 0.336 e. The Morgan fingerprint density at radius 2 is 2.38 bits per heavy atom. The van der Waals surface area contributed by atoms with Gasteiger partial charge < -0.3 is 10.5 Å². The standard InChI is InChI=1S/C8H9F2NO2/c1-13-8(12)4-2-7(11)6(10)3-5(4)9/h2,5H,3,11H2,1H3. The second-order valence-electron chi connectivity index (χ2n) is 2.62. The summed E-state index contributed by atoms with van der Waals surface area (Å²) in [5.74, 6) is -1.55. The average Bonchev–Trinajstić information content (AvgIpc) is 2.10. The highest BCUT2D eigenvalue weighted by Gasteiger charge is 2.27. The Kier molecular flexibility index (Phi) is 2.65. The molecule has 1 aliphatic rings. The van der Waals surface area contributed by atoms with Gasteiger partial charge >= 0.3 is 5.97 Å². The van der Waals surface area contributed by atoms with Crippen molar-refractivity contribution in [1.82, 2.24) is 0 Å². The van der Waals surface area contributed by atoms with Gasteiger partial charge in [0.05, 0.1) is 18.4 Å². The third-order valence-corrected chi connectivity index (χ3v) is 1.74. The van der Waals surface area contributed by atoms with Crippen LogP contribution in [-0.2, 0) is 9.53 Å². The Morgan fingerprint density at radius 1 is 1.77 bits per heavy atom. The maximum absolute atomic E-state index is 13.0. The molecule has 1 unspecified atom stereocenters. The summed E-state index contributed by atoms with van der Waals surface area (Å²) < 4.78 is 30.0. The average molecular weight is 189 g/mol. The lowest BCUT2D eigenvalue weighted by Crippen LogP contribution is -2.21. The minimum Gasteiger partial charge on any atom is -0.466 e. The zero-order valence-corrected chi connectivity index (χ0v) is 7.01. The Bertz CT molecular complexity index is 297. The summed E-state index contributed by atoms with van der Waals surface area (Å²) >= 11 is 0. The predicted octanol–water partition coefficient (Wildman–Crippen LogP) is 0.967. The number of nitrogens with two attached hydrogens (primary N) is 1. The van der Waals surface area contributed by atoms with Crippen molar-refractivity contribution in [2.45, 2.75) is 12.6 Å². The lowest BCUT2D eigenvalue weighted by molar-refractivity contribution is -0.136. The van der Waals surface area contributed by atoms with E-state index in [1.165, 1.54) is 0 Å². The normalized spacial score (nSPS) is 22.7. The SMILES string of the molecule is COC(=O)C1=CC(N)=C(F)CC1F. The van der Waals surface area contributed by atoms with Gasteiger partial charge in [0.15, 0.2) is 0 Å². The van der Waals surface area contributed by atoms with E-state index in [1.54, 1.807) is 0 Å². The Morgan fingerprint density at radius 3 is 2.92 bits per heavy atom. The Labute approximate surface area is 73.9 Å².